The second-order valence-electron chi connectivity index (χ2n) is 5.06. The van der Waals surface area contributed by atoms with Gasteiger partial charge < -0.3 is 5.73 Å². The molecule has 0 aromatic heterocycles. The summed E-state index contributed by atoms with van der Waals surface area (Å²) in [5.74, 6) is 0. The Balaban J connectivity index is 2.36. The van der Waals surface area contributed by atoms with Gasteiger partial charge in [0.2, 0.25) is 0 Å². The molecule has 5 heteroatoms. The lowest BCUT2D eigenvalue weighted by Gasteiger charge is -2.17. The molecule has 0 aliphatic rings. The van der Waals surface area contributed by atoms with Crippen molar-refractivity contribution < 1.29 is 13.2 Å². The summed E-state index contributed by atoms with van der Waals surface area (Å²) in [5, 5.41) is 0.519. The summed E-state index contributed by atoms with van der Waals surface area (Å²) in [6, 6.07) is 7.97. The summed E-state index contributed by atoms with van der Waals surface area (Å²) >= 11 is 6.19. The Morgan fingerprint density at radius 3 is 2.05 bits per heavy atom. The largest absolute Gasteiger partial charge is 0.416 e. The van der Waals surface area contributed by atoms with Gasteiger partial charge >= 0.3 is 6.18 Å². The van der Waals surface area contributed by atoms with Crippen LogP contribution in [0.4, 0.5) is 13.2 Å². The number of nitrogens with two attached hydrogens (primary N) is 1. The van der Waals surface area contributed by atoms with E-state index in [1.807, 2.05) is 26.0 Å². The zero-order valence-corrected chi connectivity index (χ0v) is 12.4. The normalized spacial score (nSPS) is 13.3. The molecule has 0 aliphatic carbocycles. The second kappa shape index (κ2) is 5.70. The van der Waals surface area contributed by atoms with Crippen LogP contribution in [0.5, 0.6) is 0 Å². The second-order valence-corrected chi connectivity index (χ2v) is 5.46. The van der Waals surface area contributed by atoms with E-state index >= 15 is 0 Å². The molecule has 0 spiro atoms. The van der Waals surface area contributed by atoms with E-state index in [-0.39, 0.29) is 0 Å². The summed E-state index contributed by atoms with van der Waals surface area (Å²) in [5.41, 5.74) is 8.82. The molecule has 1 atom stereocenters. The minimum Gasteiger partial charge on any atom is -0.320 e. The highest BCUT2D eigenvalue weighted by Gasteiger charge is 2.30. The van der Waals surface area contributed by atoms with Crippen LogP contribution in [0.25, 0.3) is 0 Å². The Hall–Kier alpha value is -1.52. The van der Waals surface area contributed by atoms with Crippen LogP contribution in [-0.4, -0.2) is 0 Å². The van der Waals surface area contributed by atoms with Crippen LogP contribution in [0.2, 0.25) is 5.02 Å². The molecule has 0 heterocycles. The summed E-state index contributed by atoms with van der Waals surface area (Å²) in [4.78, 5) is 0. The highest BCUT2D eigenvalue weighted by atomic mass is 35.5. The minimum atomic E-state index is -4.35. The van der Waals surface area contributed by atoms with Crippen LogP contribution in [0.3, 0.4) is 0 Å². The number of aryl methyl sites for hydroxylation is 2. The van der Waals surface area contributed by atoms with Gasteiger partial charge in [0.1, 0.15) is 0 Å². The number of alkyl halides is 3. The molecular formula is C16H15ClF3N. The molecule has 0 fully saturated rings. The van der Waals surface area contributed by atoms with Gasteiger partial charge in [0.15, 0.2) is 0 Å². The van der Waals surface area contributed by atoms with Crippen LogP contribution in [0, 0.1) is 13.8 Å². The Bertz CT molecular complexity index is 648. The highest BCUT2D eigenvalue weighted by Crippen LogP contribution is 2.32. The molecular weight excluding hydrogens is 299 g/mol. The maximum Gasteiger partial charge on any atom is 0.416 e. The Morgan fingerprint density at radius 1 is 1.00 bits per heavy atom. The van der Waals surface area contributed by atoms with Gasteiger partial charge in [-0.3, -0.25) is 0 Å². The fraction of sp³-hybridized carbons (Fsp3) is 0.250. The van der Waals surface area contributed by atoms with E-state index in [0.717, 1.165) is 23.3 Å². The van der Waals surface area contributed by atoms with E-state index in [1.165, 1.54) is 12.1 Å². The average molecular weight is 314 g/mol. The van der Waals surface area contributed by atoms with Crippen LogP contribution >= 0.6 is 11.6 Å². The quantitative estimate of drug-likeness (QED) is 0.827. The van der Waals surface area contributed by atoms with Gasteiger partial charge in [-0.25, -0.2) is 0 Å². The molecule has 0 bridgehead atoms. The van der Waals surface area contributed by atoms with Crippen LogP contribution in [0.15, 0.2) is 36.4 Å². The third kappa shape index (κ3) is 3.39. The van der Waals surface area contributed by atoms with Crippen molar-refractivity contribution in [1.29, 1.82) is 0 Å². The molecule has 2 N–H and O–H groups in total. The summed E-state index contributed by atoms with van der Waals surface area (Å²) in [7, 11) is 0. The lowest BCUT2D eigenvalue weighted by Crippen LogP contribution is -2.13. The summed E-state index contributed by atoms with van der Waals surface area (Å²) in [6.07, 6.45) is -4.35. The maximum atomic E-state index is 12.6. The fourth-order valence-electron chi connectivity index (χ4n) is 2.10. The smallest absolute Gasteiger partial charge is 0.320 e. The van der Waals surface area contributed by atoms with Crippen LogP contribution in [0.1, 0.15) is 33.9 Å². The number of hydrogen-bond donors (Lipinski definition) is 1. The van der Waals surface area contributed by atoms with Gasteiger partial charge in [-0.15, -0.1) is 0 Å². The number of hydrogen-bond acceptors (Lipinski definition) is 1. The zero-order valence-electron chi connectivity index (χ0n) is 11.6. The van der Waals surface area contributed by atoms with Gasteiger partial charge in [-0.05, 0) is 54.3 Å². The van der Waals surface area contributed by atoms with Crippen LogP contribution < -0.4 is 5.73 Å². The molecule has 0 aliphatic heterocycles. The lowest BCUT2D eigenvalue weighted by atomic mass is 9.95. The summed E-state index contributed by atoms with van der Waals surface area (Å²) in [6.45, 7) is 3.88. The monoisotopic (exact) mass is 313 g/mol. The SMILES string of the molecule is Cc1cc(Cl)c(C(N)c2ccc(C(F)(F)F)cc2)cc1C. The van der Waals surface area contributed by atoms with Gasteiger partial charge in [0.25, 0.3) is 0 Å². The van der Waals surface area contributed by atoms with E-state index in [4.69, 9.17) is 17.3 Å². The van der Waals surface area contributed by atoms with E-state index in [9.17, 15) is 13.2 Å². The molecule has 2 aromatic carbocycles. The maximum absolute atomic E-state index is 12.6. The molecule has 0 radical (unpaired) electrons. The fourth-order valence-corrected chi connectivity index (χ4v) is 2.44. The van der Waals surface area contributed by atoms with Crippen molar-refractivity contribution in [2.75, 3.05) is 0 Å². The van der Waals surface area contributed by atoms with Crippen molar-refractivity contribution in [3.8, 4) is 0 Å². The molecule has 0 amide bonds. The minimum absolute atomic E-state index is 0.519. The molecule has 21 heavy (non-hydrogen) atoms. The average Bonchev–Trinajstić information content (AvgIpc) is 2.41. The summed E-state index contributed by atoms with van der Waals surface area (Å²) < 4.78 is 37.7. The number of halogens is 4. The van der Waals surface area contributed by atoms with Gasteiger partial charge in [-0.2, -0.15) is 13.2 Å². The number of benzene rings is 2. The molecule has 1 unspecified atom stereocenters. The predicted molar refractivity (Wildman–Crippen MR) is 78.4 cm³/mol. The predicted octanol–water partition coefficient (Wildman–Crippen LogP) is 5.02. The van der Waals surface area contributed by atoms with Crippen molar-refractivity contribution in [3.05, 3.63) is 69.2 Å². The first-order chi connectivity index (χ1) is 9.70. The van der Waals surface area contributed by atoms with Gasteiger partial charge in [0, 0.05) is 5.02 Å². The highest BCUT2D eigenvalue weighted by molar-refractivity contribution is 6.31. The molecule has 112 valence electrons. The molecule has 2 aromatic rings. The van der Waals surface area contributed by atoms with Crippen LogP contribution in [-0.2, 0) is 6.18 Å². The molecule has 1 nitrogen and oxygen atoms in total. The Morgan fingerprint density at radius 2 is 1.52 bits per heavy atom. The first-order valence-corrected chi connectivity index (χ1v) is 6.77. The van der Waals surface area contributed by atoms with E-state index in [1.54, 1.807) is 0 Å². The third-order valence-electron chi connectivity index (χ3n) is 3.55. The topological polar surface area (TPSA) is 26.0 Å². The van der Waals surface area contributed by atoms with Crippen molar-refractivity contribution in [2.45, 2.75) is 26.1 Å². The van der Waals surface area contributed by atoms with Gasteiger partial charge in [-0.1, -0.05) is 29.8 Å². The van der Waals surface area contributed by atoms with E-state index < -0.39 is 17.8 Å². The van der Waals surface area contributed by atoms with Crippen molar-refractivity contribution >= 4 is 11.6 Å². The lowest BCUT2D eigenvalue weighted by molar-refractivity contribution is -0.137. The van der Waals surface area contributed by atoms with E-state index in [0.29, 0.717) is 16.1 Å². The number of rotatable bonds is 2. The zero-order chi connectivity index (χ0) is 15.8. The van der Waals surface area contributed by atoms with Gasteiger partial charge in [0.05, 0.1) is 11.6 Å². The third-order valence-corrected chi connectivity index (χ3v) is 3.87. The van der Waals surface area contributed by atoms with E-state index in [2.05, 4.69) is 0 Å². The molecule has 0 saturated carbocycles. The van der Waals surface area contributed by atoms with Crippen molar-refractivity contribution in [3.63, 3.8) is 0 Å². The Kier molecular flexibility index (Phi) is 4.30. The first kappa shape index (κ1) is 15.9. The molecule has 0 saturated heterocycles. The van der Waals surface area contributed by atoms with Crippen molar-refractivity contribution in [2.24, 2.45) is 5.73 Å². The standard InChI is InChI=1S/C16H15ClF3N/c1-9-7-13(14(17)8-10(9)2)15(21)11-3-5-12(6-4-11)16(18,19)20/h3-8,15H,21H2,1-2H3. The van der Waals surface area contributed by atoms with Crippen molar-refractivity contribution in [1.82, 2.24) is 0 Å². The first-order valence-electron chi connectivity index (χ1n) is 6.39. The molecule has 2 rings (SSSR count). The Labute approximate surface area is 126 Å².